The Labute approximate surface area is 156 Å². The van der Waals surface area contributed by atoms with Gasteiger partial charge in [0.2, 0.25) is 12.4 Å². The predicted octanol–water partition coefficient (Wildman–Crippen LogP) is 0.709. The lowest BCUT2D eigenvalue weighted by molar-refractivity contribution is -0.251. The van der Waals surface area contributed by atoms with Gasteiger partial charge in [0.15, 0.2) is 6.10 Å². The predicted molar refractivity (Wildman–Crippen MR) is 89.4 cm³/mol. The van der Waals surface area contributed by atoms with Crippen molar-refractivity contribution in [3.63, 3.8) is 0 Å². The zero-order valence-corrected chi connectivity index (χ0v) is 15.2. The summed E-state index contributed by atoms with van der Waals surface area (Å²) in [5.74, 6) is -1.55. The number of ether oxygens (including phenoxy) is 5. The zero-order chi connectivity index (χ0) is 20.0. The summed E-state index contributed by atoms with van der Waals surface area (Å²) in [6.45, 7) is 2.27. The molecular formula is C18H22O9. The van der Waals surface area contributed by atoms with Gasteiger partial charge in [0.1, 0.15) is 11.9 Å². The Balaban J connectivity index is 2.28. The van der Waals surface area contributed by atoms with Crippen LogP contribution in [0.4, 0.5) is 0 Å². The molecule has 1 N–H and O–H groups in total. The fraction of sp³-hybridized carbons (Fsp3) is 0.500. The minimum atomic E-state index is -1.21. The normalized spacial score (nSPS) is 24.6. The van der Waals surface area contributed by atoms with Crippen molar-refractivity contribution in [3.05, 3.63) is 29.8 Å². The Kier molecular flexibility index (Phi) is 7.14. The van der Waals surface area contributed by atoms with Crippen LogP contribution in [0, 0.1) is 0 Å². The van der Waals surface area contributed by atoms with Crippen molar-refractivity contribution < 1.29 is 43.2 Å². The van der Waals surface area contributed by atoms with Gasteiger partial charge in [0, 0.05) is 20.3 Å². The van der Waals surface area contributed by atoms with Crippen LogP contribution in [0.15, 0.2) is 24.3 Å². The summed E-state index contributed by atoms with van der Waals surface area (Å²) in [4.78, 5) is 34.9. The van der Waals surface area contributed by atoms with Crippen molar-refractivity contribution in [1.29, 1.82) is 0 Å². The first-order valence-corrected chi connectivity index (χ1v) is 8.28. The monoisotopic (exact) mass is 382 g/mol. The molecule has 1 aliphatic rings. The lowest BCUT2D eigenvalue weighted by atomic mass is 10.0. The molecule has 0 spiro atoms. The van der Waals surface area contributed by atoms with Crippen LogP contribution in [0.5, 0.6) is 5.75 Å². The summed E-state index contributed by atoms with van der Waals surface area (Å²) < 4.78 is 26.5. The molecule has 0 unspecified atom stereocenters. The van der Waals surface area contributed by atoms with Crippen molar-refractivity contribution in [2.75, 3.05) is 7.11 Å². The van der Waals surface area contributed by atoms with Crippen LogP contribution in [-0.4, -0.2) is 54.7 Å². The minimum absolute atomic E-state index is 0.0481. The summed E-state index contributed by atoms with van der Waals surface area (Å²) >= 11 is 0. The molecule has 1 fully saturated rings. The third kappa shape index (κ3) is 5.66. The third-order valence-electron chi connectivity index (χ3n) is 3.82. The second-order valence-corrected chi connectivity index (χ2v) is 5.89. The molecular weight excluding hydrogens is 360 g/mol. The maximum atomic E-state index is 11.9. The number of carbonyl (C=O) groups is 3. The van der Waals surface area contributed by atoms with Crippen LogP contribution < -0.4 is 4.74 Å². The van der Waals surface area contributed by atoms with Crippen molar-refractivity contribution in [1.82, 2.24) is 0 Å². The fourth-order valence-corrected chi connectivity index (χ4v) is 2.65. The van der Waals surface area contributed by atoms with Gasteiger partial charge < -0.3 is 28.8 Å². The standard InChI is InChI=1S/C18H22O9/c1-10(20)24-14-8-15(17(22)23-3)27-18(16(14)25-11(2)21)26-13-6-4-12(9-19)5-7-13/h4-7,14-16,18-19H,8-9H2,1-3H3/t14-,15-,16+,18+/m0/s1. The smallest absolute Gasteiger partial charge is 0.335 e. The highest BCUT2D eigenvalue weighted by molar-refractivity contribution is 5.75. The molecule has 1 heterocycles. The van der Waals surface area contributed by atoms with E-state index in [-0.39, 0.29) is 13.0 Å². The van der Waals surface area contributed by atoms with Crippen LogP contribution in [0.1, 0.15) is 25.8 Å². The molecule has 9 heteroatoms. The lowest BCUT2D eigenvalue weighted by Crippen LogP contribution is -2.55. The number of esters is 3. The van der Waals surface area contributed by atoms with Gasteiger partial charge in [-0.05, 0) is 17.7 Å². The van der Waals surface area contributed by atoms with Crippen LogP contribution >= 0.6 is 0 Å². The molecule has 1 saturated heterocycles. The quantitative estimate of drug-likeness (QED) is 0.560. The van der Waals surface area contributed by atoms with E-state index in [1.165, 1.54) is 21.0 Å². The largest absolute Gasteiger partial charge is 0.467 e. The van der Waals surface area contributed by atoms with E-state index < -0.39 is 42.5 Å². The van der Waals surface area contributed by atoms with Crippen LogP contribution in [0.25, 0.3) is 0 Å². The number of hydrogen-bond acceptors (Lipinski definition) is 9. The van der Waals surface area contributed by atoms with Crippen LogP contribution in [-0.2, 0) is 39.9 Å². The molecule has 0 aromatic heterocycles. The second kappa shape index (κ2) is 9.33. The van der Waals surface area contributed by atoms with Gasteiger partial charge in [-0.15, -0.1) is 0 Å². The summed E-state index contributed by atoms with van der Waals surface area (Å²) in [5.41, 5.74) is 0.675. The van der Waals surface area contributed by atoms with Crippen molar-refractivity contribution in [2.24, 2.45) is 0 Å². The summed E-state index contributed by atoms with van der Waals surface area (Å²) in [7, 11) is 1.20. The number of benzene rings is 1. The molecule has 2 rings (SSSR count). The zero-order valence-electron chi connectivity index (χ0n) is 15.2. The summed E-state index contributed by atoms with van der Waals surface area (Å²) in [6.07, 6.45) is -4.35. The van der Waals surface area contributed by atoms with Gasteiger partial charge in [0.05, 0.1) is 13.7 Å². The molecule has 1 aliphatic heterocycles. The first-order chi connectivity index (χ1) is 12.8. The number of aliphatic hydroxyl groups excluding tert-OH is 1. The molecule has 9 nitrogen and oxygen atoms in total. The van der Waals surface area contributed by atoms with Crippen molar-refractivity contribution in [2.45, 2.75) is 51.5 Å². The van der Waals surface area contributed by atoms with E-state index in [1.807, 2.05) is 0 Å². The SMILES string of the molecule is COC(=O)[C@@H]1C[C@H](OC(C)=O)[C@@H](OC(C)=O)[C@H](Oc2ccc(CO)cc2)O1. The Bertz CT molecular complexity index is 670. The Hall–Kier alpha value is -2.65. The van der Waals surface area contributed by atoms with E-state index >= 15 is 0 Å². The van der Waals surface area contributed by atoms with E-state index in [1.54, 1.807) is 24.3 Å². The van der Waals surface area contributed by atoms with Crippen molar-refractivity contribution in [3.8, 4) is 5.75 Å². The van der Waals surface area contributed by atoms with E-state index in [4.69, 9.17) is 28.8 Å². The molecule has 148 valence electrons. The van der Waals surface area contributed by atoms with Gasteiger partial charge in [-0.1, -0.05) is 12.1 Å². The van der Waals surface area contributed by atoms with E-state index in [9.17, 15) is 14.4 Å². The minimum Gasteiger partial charge on any atom is -0.467 e. The van der Waals surface area contributed by atoms with E-state index in [0.29, 0.717) is 11.3 Å². The number of hydrogen-bond donors (Lipinski definition) is 1. The average molecular weight is 382 g/mol. The van der Waals surface area contributed by atoms with Gasteiger partial charge in [0.25, 0.3) is 0 Å². The molecule has 0 amide bonds. The van der Waals surface area contributed by atoms with Crippen molar-refractivity contribution >= 4 is 17.9 Å². The molecule has 27 heavy (non-hydrogen) atoms. The molecule has 0 saturated carbocycles. The Morgan fingerprint density at radius 2 is 1.74 bits per heavy atom. The lowest BCUT2D eigenvalue weighted by Gasteiger charge is -2.39. The number of carbonyl (C=O) groups excluding carboxylic acids is 3. The maximum Gasteiger partial charge on any atom is 0.335 e. The number of aliphatic hydroxyl groups is 1. The maximum absolute atomic E-state index is 11.9. The Morgan fingerprint density at radius 1 is 1.11 bits per heavy atom. The molecule has 4 atom stereocenters. The summed E-state index contributed by atoms with van der Waals surface area (Å²) in [5, 5.41) is 9.11. The van der Waals surface area contributed by atoms with Gasteiger partial charge >= 0.3 is 17.9 Å². The molecule has 1 aromatic carbocycles. The van der Waals surface area contributed by atoms with Gasteiger partial charge in [-0.25, -0.2) is 4.79 Å². The van der Waals surface area contributed by atoms with E-state index in [2.05, 4.69) is 0 Å². The molecule has 1 aromatic rings. The number of methoxy groups -OCH3 is 1. The highest BCUT2D eigenvalue weighted by atomic mass is 16.7. The third-order valence-corrected chi connectivity index (χ3v) is 3.82. The van der Waals surface area contributed by atoms with Gasteiger partial charge in [-0.2, -0.15) is 0 Å². The topological polar surface area (TPSA) is 118 Å². The summed E-state index contributed by atoms with van der Waals surface area (Å²) in [6, 6.07) is 6.45. The van der Waals surface area contributed by atoms with Crippen LogP contribution in [0.2, 0.25) is 0 Å². The van der Waals surface area contributed by atoms with Gasteiger partial charge in [-0.3, -0.25) is 9.59 Å². The van der Waals surface area contributed by atoms with E-state index in [0.717, 1.165) is 0 Å². The second-order valence-electron chi connectivity index (χ2n) is 5.89. The fourth-order valence-electron chi connectivity index (χ4n) is 2.65. The first kappa shape index (κ1) is 20.7. The molecule has 0 aliphatic carbocycles. The highest BCUT2D eigenvalue weighted by Gasteiger charge is 2.47. The van der Waals surface area contributed by atoms with Crippen LogP contribution in [0.3, 0.4) is 0 Å². The average Bonchev–Trinajstić information content (AvgIpc) is 2.63. The molecule has 0 bridgehead atoms. The first-order valence-electron chi connectivity index (χ1n) is 8.28. The number of rotatable bonds is 6. The molecule has 0 radical (unpaired) electrons. The Morgan fingerprint density at radius 3 is 2.26 bits per heavy atom. The highest BCUT2D eigenvalue weighted by Crippen LogP contribution is 2.29.